The summed E-state index contributed by atoms with van der Waals surface area (Å²) in [5.74, 6) is -0.790. The van der Waals surface area contributed by atoms with Gasteiger partial charge in [0.05, 0.1) is 23.3 Å². The second-order valence-electron chi connectivity index (χ2n) is 5.75. The van der Waals surface area contributed by atoms with Gasteiger partial charge in [-0.05, 0) is 30.7 Å². The van der Waals surface area contributed by atoms with Crippen LogP contribution in [-0.2, 0) is 0 Å². The number of hydrogen-bond acceptors (Lipinski definition) is 5. The van der Waals surface area contributed by atoms with Gasteiger partial charge < -0.3 is 15.4 Å². The van der Waals surface area contributed by atoms with E-state index in [1.165, 1.54) is 19.2 Å². The first-order valence-corrected chi connectivity index (χ1v) is 8.49. The zero-order valence-corrected chi connectivity index (χ0v) is 15.2. The van der Waals surface area contributed by atoms with Crippen molar-refractivity contribution in [3.8, 4) is 5.75 Å². The number of nitro benzene ring substituents is 1. The van der Waals surface area contributed by atoms with Gasteiger partial charge >= 0.3 is 5.69 Å². The number of ether oxygens (including phenoxy) is 1. The van der Waals surface area contributed by atoms with Crippen LogP contribution in [0.15, 0.2) is 42.5 Å². The van der Waals surface area contributed by atoms with Gasteiger partial charge in [-0.25, -0.2) is 0 Å². The molecule has 2 amide bonds. The van der Waals surface area contributed by atoms with Crippen molar-refractivity contribution in [1.29, 1.82) is 0 Å². The number of rotatable bonds is 8. The maximum Gasteiger partial charge on any atom is 0.311 e. The van der Waals surface area contributed by atoms with Crippen molar-refractivity contribution >= 4 is 23.2 Å². The van der Waals surface area contributed by atoms with E-state index in [9.17, 15) is 19.7 Å². The van der Waals surface area contributed by atoms with Crippen LogP contribution < -0.4 is 15.4 Å². The highest BCUT2D eigenvalue weighted by molar-refractivity contribution is 6.09. The third-order valence-corrected chi connectivity index (χ3v) is 3.87. The molecule has 8 nitrogen and oxygen atoms in total. The minimum absolute atomic E-state index is 0.0623. The average molecular weight is 371 g/mol. The van der Waals surface area contributed by atoms with Crippen molar-refractivity contribution in [2.24, 2.45) is 0 Å². The Bertz CT molecular complexity index is 851. The molecule has 2 rings (SSSR count). The minimum atomic E-state index is -0.620. The maximum absolute atomic E-state index is 12.5. The Hall–Kier alpha value is -3.42. The van der Waals surface area contributed by atoms with Crippen molar-refractivity contribution in [3.63, 3.8) is 0 Å². The molecule has 8 heteroatoms. The summed E-state index contributed by atoms with van der Waals surface area (Å²) in [6, 6.07) is 10.5. The number of carbonyl (C=O) groups excluding carboxylic acids is 2. The molecule has 2 aromatic carbocycles. The van der Waals surface area contributed by atoms with Crippen LogP contribution in [0.1, 0.15) is 40.5 Å². The van der Waals surface area contributed by atoms with Gasteiger partial charge in [-0.2, -0.15) is 0 Å². The first-order chi connectivity index (χ1) is 13.0. The van der Waals surface area contributed by atoms with Gasteiger partial charge in [0.2, 0.25) is 0 Å². The Morgan fingerprint density at radius 3 is 2.56 bits per heavy atom. The van der Waals surface area contributed by atoms with E-state index in [4.69, 9.17) is 4.74 Å². The average Bonchev–Trinajstić information content (AvgIpc) is 2.67. The van der Waals surface area contributed by atoms with Crippen LogP contribution >= 0.6 is 0 Å². The summed E-state index contributed by atoms with van der Waals surface area (Å²) in [5, 5.41) is 16.6. The number of nitrogens with zero attached hydrogens (tertiary/aromatic N) is 1. The van der Waals surface area contributed by atoms with E-state index < -0.39 is 10.8 Å². The van der Waals surface area contributed by atoms with Crippen LogP contribution in [0.3, 0.4) is 0 Å². The molecule has 2 N–H and O–H groups in total. The minimum Gasteiger partial charge on any atom is -0.490 e. The lowest BCUT2D eigenvalue weighted by atomic mass is 10.1. The number of nitro groups is 1. The highest BCUT2D eigenvalue weighted by Gasteiger charge is 2.19. The number of methoxy groups -OCH3 is 1. The second kappa shape index (κ2) is 9.33. The molecule has 0 aliphatic carbocycles. The van der Waals surface area contributed by atoms with Gasteiger partial charge in [-0.15, -0.1) is 0 Å². The number of nitrogens with one attached hydrogen (secondary N) is 2. The standard InChI is InChI=1S/C19H21N3O5/c1-3-4-11-20-19(24)14-7-5-6-8-15(14)21-18(23)13-9-10-17(27-2)16(12-13)22(25)26/h5-10,12H,3-4,11H2,1-2H3,(H,20,24)(H,21,23). The number of benzene rings is 2. The monoisotopic (exact) mass is 371 g/mol. The highest BCUT2D eigenvalue weighted by Crippen LogP contribution is 2.28. The van der Waals surface area contributed by atoms with Crippen molar-refractivity contribution in [3.05, 3.63) is 63.7 Å². The lowest BCUT2D eigenvalue weighted by Gasteiger charge is -2.11. The van der Waals surface area contributed by atoms with Crippen molar-refractivity contribution < 1.29 is 19.2 Å². The summed E-state index contributed by atoms with van der Waals surface area (Å²) in [7, 11) is 1.31. The molecule has 142 valence electrons. The molecular formula is C19H21N3O5. The predicted molar refractivity (Wildman–Crippen MR) is 101 cm³/mol. The van der Waals surface area contributed by atoms with Crippen molar-refractivity contribution in [1.82, 2.24) is 5.32 Å². The molecule has 0 bridgehead atoms. The fourth-order valence-electron chi connectivity index (χ4n) is 2.43. The number of amides is 2. The van der Waals surface area contributed by atoms with E-state index in [0.29, 0.717) is 17.8 Å². The summed E-state index contributed by atoms with van der Waals surface area (Å²) < 4.78 is 4.93. The fourth-order valence-corrected chi connectivity index (χ4v) is 2.43. The summed E-state index contributed by atoms with van der Waals surface area (Å²) in [6.45, 7) is 2.57. The van der Waals surface area contributed by atoms with E-state index in [2.05, 4.69) is 10.6 Å². The zero-order chi connectivity index (χ0) is 19.8. The molecule has 0 aromatic heterocycles. The van der Waals surface area contributed by atoms with Crippen molar-refractivity contribution in [2.75, 3.05) is 19.0 Å². The van der Waals surface area contributed by atoms with Crippen LogP contribution in [0.5, 0.6) is 5.75 Å². The Kier molecular flexibility index (Phi) is 6.87. The topological polar surface area (TPSA) is 111 Å². The van der Waals surface area contributed by atoms with Crippen LogP contribution in [0.25, 0.3) is 0 Å². The van der Waals surface area contributed by atoms with Gasteiger partial charge in [0.15, 0.2) is 5.75 Å². The smallest absolute Gasteiger partial charge is 0.311 e. The molecule has 0 fully saturated rings. The highest BCUT2D eigenvalue weighted by atomic mass is 16.6. The fraction of sp³-hybridized carbons (Fsp3) is 0.263. The molecule has 0 heterocycles. The van der Waals surface area contributed by atoms with E-state index in [-0.39, 0.29) is 22.9 Å². The molecule has 2 aromatic rings. The third kappa shape index (κ3) is 5.04. The lowest BCUT2D eigenvalue weighted by molar-refractivity contribution is -0.385. The maximum atomic E-state index is 12.5. The van der Waals surface area contributed by atoms with Crippen LogP contribution in [0, 0.1) is 10.1 Å². The molecule has 0 saturated heterocycles. The van der Waals surface area contributed by atoms with E-state index in [1.807, 2.05) is 6.92 Å². The van der Waals surface area contributed by atoms with E-state index in [1.54, 1.807) is 24.3 Å². The Balaban J connectivity index is 2.22. The number of hydrogen-bond donors (Lipinski definition) is 2. The van der Waals surface area contributed by atoms with E-state index in [0.717, 1.165) is 18.9 Å². The predicted octanol–water partition coefficient (Wildman–Crippen LogP) is 3.39. The van der Waals surface area contributed by atoms with Crippen LogP contribution in [-0.4, -0.2) is 30.4 Å². The van der Waals surface area contributed by atoms with Gasteiger partial charge in [-0.1, -0.05) is 25.5 Å². The van der Waals surface area contributed by atoms with Gasteiger partial charge in [0, 0.05) is 18.2 Å². The van der Waals surface area contributed by atoms with Crippen LogP contribution in [0.2, 0.25) is 0 Å². The molecular weight excluding hydrogens is 350 g/mol. The summed E-state index contributed by atoms with van der Waals surface area (Å²) in [4.78, 5) is 35.3. The molecule has 0 radical (unpaired) electrons. The van der Waals surface area contributed by atoms with Gasteiger partial charge in [-0.3, -0.25) is 19.7 Å². The first kappa shape index (κ1) is 19.9. The second-order valence-corrected chi connectivity index (χ2v) is 5.75. The lowest BCUT2D eigenvalue weighted by Crippen LogP contribution is -2.26. The number of unbranched alkanes of at least 4 members (excludes halogenated alkanes) is 1. The molecule has 0 aliphatic heterocycles. The molecule has 0 atom stereocenters. The first-order valence-electron chi connectivity index (χ1n) is 8.49. The molecule has 0 unspecified atom stereocenters. The Labute approximate surface area is 156 Å². The van der Waals surface area contributed by atoms with Crippen molar-refractivity contribution in [2.45, 2.75) is 19.8 Å². The molecule has 0 saturated carbocycles. The zero-order valence-electron chi connectivity index (χ0n) is 15.2. The molecule has 0 aliphatic rings. The molecule has 27 heavy (non-hydrogen) atoms. The summed E-state index contributed by atoms with van der Waals surface area (Å²) in [6.07, 6.45) is 1.81. The molecule has 0 spiro atoms. The number of anilines is 1. The Morgan fingerprint density at radius 1 is 1.15 bits per heavy atom. The van der Waals surface area contributed by atoms with Crippen LogP contribution in [0.4, 0.5) is 11.4 Å². The number of para-hydroxylation sites is 1. The third-order valence-electron chi connectivity index (χ3n) is 3.87. The summed E-state index contributed by atoms with van der Waals surface area (Å²) >= 11 is 0. The van der Waals surface area contributed by atoms with Gasteiger partial charge in [0.25, 0.3) is 11.8 Å². The summed E-state index contributed by atoms with van der Waals surface area (Å²) in [5.41, 5.74) is 0.430. The number of carbonyl (C=O) groups is 2. The quantitative estimate of drug-likeness (QED) is 0.420. The van der Waals surface area contributed by atoms with Gasteiger partial charge in [0.1, 0.15) is 0 Å². The van der Waals surface area contributed by atoms with E-state index >= 15 is 0 Å². The SMILES string of the molecule is CCCCNC(=O)c1ccccc1NC(=O)c1ccc(OC)c([N+](=O)[O-])c1. The normalized spacial score (nSPS) is 10.1. The Morgan fingerprint density at radius 2 is 1.89 bits per heavy atom. The largest absolute Gasteiger partial charge is 0.490 e.